The van der Waals surface area contributed by atoms with Crippen LogP contribution in [0.5, 0.6) is 0 Å². The van der Waals surface area contributed by atoms with Crippen molar-refractivity contribution in [3.8, 4) is 22.5 Å². The molecule has 0 amide bonds. The van der Waals surface area contributed by atoms with Crippen molar-refractivity contribution in [2.75, 3.05) is 5.73 Å². The second-order valence-electron chi connectivity index (χ2n) is 7.85. The van der Waals surface area contributed by atoms with Crippen molar-refractivity contribution in [2.24, 2.45) is 7.05 Å². The molecule has 5 aromatic heterocycles. The van der Waals surface area contributed by atoms with E-state index in [-0.39, 0.29) is 0 Å². The first-order valence-corrected chi connectivity index (χ1v) is 10.3. The lowest BCUT2D eigenvalue weighted by atomic mass is 10.1. The second-order valence-corrected chi connectivity index (χ2v) is 7.85. The molecule has 8 nitrogen and oxygen atoms in total. The van der Waals surface area contributed by atoms with E-state index in [1.807, 2.05) is 78.8 Å². The summed E-state index contributed by atoms with van der Waals surface area (Å²) in [6, 6.07) is 15.9. The maximum atomic E-state index is 5.99. The topological polar surface area (TPSA) is 91.3 Å². The minimum absolute atomic E-state index is 0.690. The van der Waals surface area contributed by atoms with E-state index in [0.717, 1.165) is 50.8 Å². The molecule has 6 rings (SSSR count). The van der Waals surface area contributed by atoms with Gasteiger partial charge in [-0.05, 0) is 35.9 Å². The lowest BCUT2D eigenvalue weighted by molar-refractivity contribution is 0.768. The van der Waals surface area contributed by atoms with Gasteiger partial charge in [0.15, 0.2) is 5.65 Å². The number of anilines is 1. The molecule has 6 aromatic rings. The van der Waals surface area contributed by atoms with Crippen molar-refractivity contribution in [1.82, 2.24) is 33.8 Å². The van der Waals surface area contributed by atoms with E-state index in [9.17, 15) is 0 Å². The molecule has 2 N–H and O–H groups in total. The first-order valence-electron chi connectivity index (χ1n) is 10.3. The smallest absolute Gasteiger partial charge is 0.153 e. The van der Waals surface area contributed by atoms with Crippen LogP contribution >= 0.6 is 0 Å². The molecule has 0 fully saturated rings. The van der Waals surface area contributed by atoms with Crippen LogP contribution in [0.1, 0.15) is 11.3 Å². The summed E-state index contributed by atoms with van der Waals surface area (Å²) in [6.07, 6.45) is 10.3. The monoisotopic (exact) mass is 420 g/mol. The molecule has 8 heteroatoms. The van der Waals surface area contributed by atoms with Gasteiger partial charge in [0.2, 0.25) is 0 Å². The fourth-order valence-corrected chi connectivity index (χ4v) is 4.00. The first kappa shape index (κ1) is 18.3. The molecule has 0 atom stereocenters. The number of hydrogen-bond donors (Lipinski definition) is 1. The standard InChI is InChI=1S/C24H20N8/c1-30-15-18(11-28-30)21-6-8-24-26-12-20(32(24)29-21)9-16-5-7-23-27-13-22(31(23)14-16)17-3-2-4-19(25)10-17/h2-8,10-15H,9,25H2,1H3. The van der Waals surface area contributed by atoms with Crippen LogP contribution in [0.4, 0.5) is 5.69 Å². The number of rotatable bonds is 4. The maximum absolute atomic E-state index is 5.99. The average molecular weight is 420 g/mol. The summed E-state index contributed by atoms with van der Waals surface area (Å²) in [7, 11) is 1.90. The van der Waals surface area contributed by atoms with Crippen LogP contribution in [0.15, 0.2) is 79.5 Å². The molecule has 0 aliphatic carbocycles. The second kappa shape index (κ2) is 7.05. The molecule has 0 spiro atoms. The summed E-state index contributed by atoms with van der Waals surface area (Å²) in [5.41, 5.74) is 14.4. The molecule has 0 saturated carbocycles. The van der Waals surface area contributed by atoms with Crippen LogP contribution in [0.2, 0.25) is 0 Å². The number of fused-ring (bicyclic) bond motifs is 2. The molecule has 1 aromatic carbocycles. The molecule has 0 aliphatic heterocycles. The normalized spacial score (nSPS) is 11.5. The summed E-state index contributed by atoms with van der Waals surface area (Å²) >= 11 is 0. The van der Waals surface area contributed by atoms with Crippen LogP contribution in [-0.2, 0) is 13.5 Å². The number of hydrogen-bond acceptors (Lipinski definition) is 5. The minimum Gasteiger partial charge on any atom is -0.399 e. The number of nitrogens with zero attached hydrogens (tertiary/aromatic N) is 7. The van der Waals surface area contributed by atoms with Gasteiger partial charge < -0.3 is 5.73 Å². The van der Waals surface area contributed by atoms with Gasteiger partial charge in [-0.1, -0.05) is 18.2 Å². The Kier molecular flexibility index (Phi) is 4.04. The average Bonchev–Trinajstić information content (AvgIpc) is 3.52. The van der Waals surface area contributed by atoms with Gasteiger partial charge in [-0.3, -0.25) is 9.08 Å². The SMILES string of the molecule is Cn1cc(-c2ccc3ncc(Cc4ccc5ncc(-c6cccc(N)c6)n5c4)n3n2)cn1. The summed E-state index contributed by atoms with van der Waals surface area (Å²) in [6.45, 7) is 0. The molecule has 0 radical (unpaired) electrons. The van der Waals surface area contributed by atoms with Gasteiger partial charge in [0.05, 0.1) is 35.7 Å². The minimum atomic E-state index is 0.690. The molecule has 0 unspecified atom stereocenters. The molecule has 0 aliphatic rings. The van der Waals surface area contributed by atoms with Gasteiger partial charge in [-0.2, -0.15) is 10.2 Å². The zero-order valence-electron chi connectivity index (χ0n) is 17.4. The Morgan fingerprint density at radius 1 is 0.875 bits per heavy atom. The summed E-state index contributed by atoms with van der Waals surface area (Å²) in [4.78, 5) is 9.07. The molecule has 32 heavy (non-hydrogen) atoms. The van der Waals surface area contributed by atoms with E-state index >= 15 is 0 Å². The van der Waals surface area contributed by atoms with Crippen molar-refractivity contribution in [1.29, 1.82) is 0 Å². The first-order chi connectivity index (χ1) is 15.6. The maximum Gasteiger partial charge on any atom is 0.153 e. The Hall–Kier alpha value is -4.46. The van der Waals surface area contributed by atoms with Crippen molar-refractivity contribution in [2.45, 2.75) is 6.42 Å². The Balaban J connectivity index is 1.39. The highest BCUT2D eigenvalue weighted by Crippen LogP contribution is 2.24. The zero-order chi connectivity index (χ0) is 21.7. The number of benzene rings is 1. The van der Waals surface area contributed by atoms with Crippen LogP contribution in [0.3, 0.4) is 0 Å². The summed E-state index contributed by atoms with van der Waals surface area (Å²) in [5.74, 6) is 0. The van der Waals surface area contributed by atoms with E-state index in [1.54, 1.807) is 4.68 Å². The fraction of sp³-hybridized carbons (Fsp3) is 0.0833. The predicted octanol–water partition coefficient (Wildman–Crippen LogP) is 3.62. The van der Waals surface area contributed by atoms with Gasteiger partial charge in [-0.15, -0.1) is 0 Å². The highest BCUT2D eigenvalue weighted by Gasteiger charge is 2.11. The van der Waals surface area contributed by atoms with Crippen molar-refractivity contribution in [3.05, 3.63) is 90.8 Å². The lowest BCUT2D eigenvalue weighted by Gasteiger charge is -2.07. The molecule has 156 valence electrons. The zero-order valence-corrected chi connectivity index (χ0v) is 17.4. The number of nitrogen functional groups attached to an aromatic ring is 1. The third-order valence-corrected chi connectivity index (χ3v) is 5.57. The molecular weight excluding hydrogens is 400 g/mol. The summed E-state index contributed by atoms with van der Waals surface area (Å²) in [5, 5.41) is 9.06. The molecule has 5 heterocycles. The van der Waals surface area contributed by atoms with Gasteiger partial charge in [0.1, 0.15) is 5.65 Å². The van der Waals surface area contributed by atoms with Crippen LogP contribution in [-0.4, -0.2) is 33.8 Å². The van der Waals surface area contributed by atoms with Crippen molar-refractivity contribution < 1.29 is 0 Å². The lowest BCUT2D eigenvalue weighted by Crippen LogP contribution is -2.01. The predicted molar refractivity (Wildman–Crippen MR) is 123 cm³/mol. The number of aryl methyl sites for hydroxylation is 1. The number of pyridine rings is 1. The van der Waals surface area contributed by atoms with Crippen molar-refractivity contribution >= 4 is 17.0 Å². The number of nitrogens with two attached hydrogens (primary N) is 1. The van der Waals surface area contributed by atoms with E-state index < -0.39 is 0 Å². The highest BCUT2D eigenvalue weighted by atomic mass is 15.3. The Morgan fingerprint density at radius 3 is 2.59 bits per heavy atom. The molecule has 0 saturated heterocycles. The van der Waals surface area contributed by atoms with Gasteiger partial charge in [0, 0.05) is 42.7 Å². The Morgan fingerprint density at radius 2 is 1.75 bits per heavy atom. The van der Waals surface area contributed by atoms with Gasteiger partial charge >= 0.3 is 0 Å². The molecular formula is C24H20N8. The number of imidazole rings is 2. The Bertz CT molecular complexity index is 1590. The third kappa shape index (κ3) is 3.09. The van der Waals surface area contributed by atoms with E-state index in [4.69, 9.17) is 10.8 Å². The molecule has 0 bridgehead atoms. The van der Waals surface area contributed by atoms with Crippen molar-refractivity contribution in [3.63, 3.8) is 0 Å². The summed E-state index contributed by atoms with van der Waals surface area (Å²) < 4.78 is 5.77. The van der Waals surface area contributed by atoms with E-state index in [0.29, 0.717) is 6.42 Å². The van der Waals surface area contributed by atoms with E-state index in [1.165, 1.54) is 0 Å². The van der Waals surface area contributed by atoms with E-state index in [2.05, 4.69) is 31.7 Å². The van der Waals surface area contributed by atoms with Crippen LogP contribution < -0.4 is 5.73 Å². The highest BCUT2D eigenvalue weighted by molar-refractivity contribution is 5.67. The third-order valence-electron chi connectivity index (χ3n) is 5.57. The number of aromatic nitrogens is 7. The van der Waals surface area contributed by atoms with Gasteiger partial charge in [0.25, 0.3) is 0 Å². The van der Waals surface area contributed by atoms with Crippen LogP contribution in [0.25, 0.3) is 33.8 Å². The Labute approximate surface area is 183 Å². The van der Waals surface area contributed by atoms with Crippen LogP contribution in [0, 0.1) is 0 Å². The van der Waals surface area contributed by atoms with Gasteiger partial charge in [-0.25, -0.2) is 14.5 Å². The largest absolute Gasteiger partial charge is 0.399 e. The fourth-order valence-electron chi connectivity index (χ4n) is 4.00. The quantitative estimate of drug-likeness (QED) is 0.440.